The van der Waals surface area contributed by atoms with Gasteiger partial charge in [-0.15, -0.1) is 22.7 Å². The second-order valence-electron chi connectivity index (χ2n) is 8.44. The minimum absolute atomic E-state index is 0.841. The van der Waals surface area contributed by atoms with E-state index in [-0.39, 0.29) is 0 Å². The number of nitrogens with one attached hydrogen (secondary N) is 3. The summed E-state index contributed by atoms with van der Waals surface area (Å²) in [7, 11) is 1.89. The third-order valence-electron chi connectivity index (χ3n) is 6.46. The zero-order valence-electron chi connectivity index (χ0n) is 18.4. The summed E-state index contributed by atoms with van der Waals surface area (Å²) in [6.07, 6.45) is 2.29. The smallest absolute Gasteiger partial charge is 0.0963 e. The van der Waals surface area contributed by atoms with Crippen LogP contribution in [0.2, 0.25) is 0 Å². The van der Waals surface area contributed by atoms with Gasteiger partial charge in [0.05, 0.1) is 24.6 Å². The monoisotopic (exact) mass is 475 g/mol. The van der Waals surface area contributed by atoms with Crippen molar-refractivity contribution < 1.29 is 4.74 Å². The summed E-state index contributed by atoms with van der Waals surface area (Å²) in [6.45, 7) is 4.73. The van der Waals surface area contributed by atoms with Crippen molar-refractivity contribution in [2.24, 2.45) is 0 Å². The van der Waals surface area contributed by atoms with Crippen LogP contribution in [-0.2, 0) is 17.7 Å². The molecule has 0 radical (unpaired) electrons. The number of rotatable bonds is 6. The van der Waals surface area contributed by atoms with Crippen molar-refractivity contribution in [3.8, 4) is 33.0 Å². The van der Waals surface area contributed by atoms with Gasteiger partial charge in [-0.05, 0) is 23.6 Å². The molecule has 0 amide bonds. The average Bonchev–Trinajstić information content (AvgIpc) is 3.61. The van der Waals surface area contributed by atoms with Crippen LogP contribution in [0.1, 0.15) is 20.9 Å². The number of aromatic amines is 1. The zero-order valence-corrected chi connectivity index (χ0v) is 20.0. The molecule has 1 aliphatic heterocycles. The number of morpholine rings is 1. The molecular weight excluding hydrogens is 450 g/mol. The first-order chi connectivity index (χ1) is 16.2. The van der Waals surface area contributed by atoms with Crippen LogP contribution in [0.25, 0.3) is 33.0 Å². The molecule has 0 unspecified atom stereocenters. The van der Waals surface area contributed by atoms with Crippen LogP contribution in [0.3, 0.4) is 0 Å². The first kappa shape index (κ1) is 20.8. The Balaban J connectivity index is 1.26. The standard InChI is InChI=1S/C25H25N5OS2/c1-27-21-9-15(2-3-16(21)12-26)24-20-11-23-19(25(20)29-28-24)10-22(33-23)17-8-18(32-14-17)13-30-4-6-31-7-5-30/h2-3,8-10,12,14,26-27H,4-7,11,13H2,1H3,(H,28,29). The maximum absolute atomic E-state index is 7.59. The SMILES string of the molecule is CNc1cc(-c2n[nH]c3c2Cc2sc(-c4csc(CN5CCOCC5)c4)cc2-3)ccc1C=N. The molecule has 4 heterocycles. The predicted molar refractivity (Wildman–Crippen MR) is 137 cm³/mol. The fourth-order valence-corrected chi connectivity index (χ4v) is 6.86. The van der Waals surface area contributed by atoms with Crippen LogP contribution >= 0.6 is 22.7 Å². The second-order valence-corrected chi connectivity index (χ2v) is 10.6. The van der Waals surface area contributed by atoms with E-state index in [1.807, 2.05) is 35.8 Å². The first-order valence-electron chi connectivity index (χ1n) is 11.1. The van der Waals surface area contributed by atoms with Gasteiger partial charge in [0.25, 0.3) is 0 Å². The van der Waals surface area contributed by atoms with E-state index < -0.39 is 0 Å². The number of anilines is 1. The Kier molecular flexibility index (Phi) is 5.38. The summed E-state index contributed by atoms with van der Waals surface area (Å²) in [5, 5.41) is 21.0. The molecule has 1 saturated heterocycles. The van der Waals surface area contributed by atoms with E-state index in [1.165, 1.54) is 37.5 Å². The Bertz CT molecular complexity index is 1330. The molecule has 1 fully saturated rings. The van der Waals surface area contributed by atoms with Gasteiger partial charge in [-0.3, -0.25) is 10.00 Å². The van der Waals surface area contributed by atoms with Gasteiger partial charge < -0.3 is 15.5 Å². The summed E-state index contributed by atoms with van der Waals surface area (Å²) < 4.78 is 5.47. The maximum Gasteiger partial charge on any atom is 0.0963 e. The lowest BCUT2D eigenvalue weighted by molar-refractivity contribution is 0.0346. The van der Waals surface area contributed by atoms with Gasteiger partial charge in [-0.1, -0.05) is 12.1 Å². The fraction of sp³-hybridized carbons (Fsp3) is 0.280. The van der Waals surface area contributed by atoms with Gasteiger partial charge in [0.2, 0.25) is 0 Å². The predicted octanol–water partition coefficient (Wildman–Crippen LogP) is 5.31. The molecule has 3 aromatic heterocycles. The van der Waals surface area contributed by atoms with Crippen LogP contribution in [-0.4, -0.2) is 54.7 Å². The van der Waals surface area contributed by atoms with E-state index in [2.05, 4.69) is 50.1 Å². The Morgan fingerprint density at radius 1 is 1.21 bits per heavy atom. The Hall–Kier alpha value is -2.78. The molecule has 6 rings (SSSR count). The summed E-state index contributed by atoms with van der Waals surface area (Å²) in [5.74, 6) is 0. The number of ether oxygens (including phenoxy) is 1. The van der Waals surface area contributed by atoms with E-state index in [1.54, 1.807) is 0 Å². The Morgan fingerprint density at radius 2 is 2.09 bits per heavy atom. The normalized spacial score (nSPS) is 15.4. The molecule has 0 saturated carbocycles. The maximum atomic E-state index is 7.59. The van der Waals surface area contributed by atoms with E-state index in [9.17, 15) is 0 Å². The summed E-state index contributed by atoms with van der Waals surface area (Å²) >= 11 is 3.75. The van der Waals surface area contributed by atoms with Crippen molar-refractivity contribution in [1.82, 2.24) is 15.1 Å². The van der Waals surface area contributed by atoms with E-state index in [4.69, 9.17) is 10.1 Å². The Labute approximate surface area is 200 Å². The number of thiophene rings is 2. The molecule has 1 aromatic carbocycles. The molecular formula is C25H25N5OS2. The first-order valence-corrected chi connectivity index (χ1v) is 12.8. The molecule has 4 aromatic rings. The van der Waals surface area contributed by atoms with Gasteiger partial charge in [0.1, 0.15) is 0 Å². The average molecular weight is 476 g/mol. The highest BCUT2D eigenvalue weighted by Gasteiger charge is 2.28. The molecule has 168 valence electrons. The Morgan fingerprint density at radius 3 is 2.91 bits per heavy atom. The summed E-state index contributed by atoms with van der Waals surface area (Å²) in [6, 6.07) is 10.8. The topological polar surface area (TPSA) is 77.0 Å². The number of benzene rings is 1. The highest BCUT2D eigenvalue weighted by molar-refractivity contribution is 7.16. The van der Waals surface area contributed by atoms with Crippen LogP contribution in [0.5, 0.6) is 0 Å². The number of H-pyrrole nitrogens is 1. The summed E-state index contributed by atoms with van der Waals surface area (Å²) in [5.41, 5.74) is 8.92. The molecule has 6 nitrogen and oxygen atoms in total. The van der Waals surface area contributed by atoms with E-state index in [0.717, 1.165) is 67.5 Å². The van der Waals surface area contributed by atoms with Crippen molar-refractivity contribution in [2.75, 3.05) is 38.7 Å². The number of aromatic nitrogens is 2. The zero-order chi connectivity index (χ0) is 22.4. The minimum atomic E-state index is 0.841. The molecule has 1 aliphatic carbocycles. The van der Waals surface area contributed by atoms with Gasteiger partial charge in [0.15, 0.2) is 0 Å². The number of hydrogen-bond acceptors (Lipinski definition) is 7. The van der Waals surface area contributed by atoms with Crippen LogP contribution in [0.15, 0.2) is 35.7 Å². The third-order valence-corrected chi connectivity index (χ3v) is 8.56. The molecule has 8 heteroatoms. The quantitative estimate of drug-likeness (QED) is 0.291. The van der Waals surface area contributed by atoms with Gasteiger partial charge in [-0.2, -0.15) is 5.10 Å². The lowest BCUT2D eigenvalue weighted by Crippen LogP contribution is -2.35. The van der Waals surface area contributed by atoms with Crippen molar-refractivity contribution in [3.63, 3.8) is 0 Å². The number of fused-ring (bicyclic) bond motifs is 3. The van der Waals surface area contributed by atoms with Crippen LogP contribution in [0, 0.1) is 5.41 Å². The van der Waals surface area contributed by atoms with Crippen LogP contribution < -0.4 is 5.32 Å². The largest absolute Gasteiger partial charge is 0.388 e. The van der Waals surface area contributed by atoms with Crippen LogP contribution in [0.4, 0.5) is 5.69 Å². The van der Waals surface area contributed by atoms with Crippen molar-refractivity contribution in [3.05, 3.63) is 56.6 Å². The van der Waals surface area contributed by atoms with E-state index >= 15 is 0 Å². The lowest BCUT2D eigenvalue weighted by Gasteiger charge is -2.25. The van der Waals surface area contributed by atoms with E-state index in [0.29, 0.717) is 0 Å². The highest BCUT2D eigenvalue weighted by atomic mass is 32.1. The molecule has 33 heavy (non-hydrogen) atoms. The molecule has 0 bridgehead atoms. The van der Waals surface area contributed by atoms with Crippen molar-refractivity contribution in [1.29, 1.82) is 5.41 Å². The summed E-state index contributed by atoms with van der Waals surface area (Å²) in [4.78, 5) is 6.62. The number of nitrogens with zero attached hydrogens (tertiary/aromatic N) is 2. The van der Waals surface area contributed by atoms with Crippen molar-refractivity contribution in [2.45, 2.75) is 13.0 Å². The van der Waals surface area contributed by atoms with Crippen molar-refractivity contribution >= 4 is 34.6 Å². The van der Waals surface area contributed by atoms with Gasteiger partial charge in [-0.25, -0.2) is 0 Å². The fourth-order valence-electron chi connectivity index (χ4n) is 4.69. The molecule has 3 N–H and O–H groups in total. The third kappa shape index (κ3) is 3.73. The number of hydrogen-bond donors (Lipinski definition) is 3. The second kappa shape index (κ2) is 8.53. The molecule has 0 spiro atoms. The molecule has 0 atom stereocenters. The lowest BCUT2D eigenvalue weighted by atomic mass is 10.0. The van der Waals surface area contributed by atoms with Gasteiger partial charge >= 0.3 is 0 Å². The minimum Gasteiger partial charge on any atom is -0.388 e. The highest BCUT2D eigenvalue weighted by Crippen LogP contribution is 2.47. The van der Waals surface area contributed by atoms with Gasteiger partial charge in [0, 0.05) is 87.5 Å². The molecule has 2 aliphatic rings.